The maximum absolute atomic E-state index is 12.6. The topological polar surface area (TPSA) is 112 Å². The van der Waals surface area contributed by atoms with Crippen LogP contribution in [0, 0.1) is 6.92 Å². The Hall–Kier alpha value is -2.55. The number of amides is 2. The number of hydrogen-bond acceptors (Lipinski definition) is 6. The van der Waals surface area contributed by atoms with Gasteiger partial charge in [-0.15, -0.1) is 10.2 Å². The quantitative estimate of drug-likeness (QED) is 0.634. The third-order valence-corrected chi connectivity index (χ3v) is 5.05. The minimum atomic E-state index is -0.395. The molecule has 2 amide bonds. The number of thioether (sulfide) groups is 1. The van der Waals surface area contributed by atoms with Crippen molar-refractivity contribution in [3.8, 4) is 5.75 Å². The SMILES string of the molecule is CCn1c(CCC(N)=O)nnc1S[C@@H](C)C(=O)Nc1cc(C)ccc1OC. The van der Waals surface area contributed by atoms with E-state index < -0.39 is 5.25 Å². The second-order valence-corrected chi connectivity index (χ2v) is 7.37. The molecule has 0 fully saturated rings. The van der Waals surface area contributed by atoms with Gasteiger partial charge in [-0.1, -0.05) is 17.8 Å². The molecule has 2 aromatic rings. The minimum absolute atomic E-state index is 0.159. The first kappa shape index (κ1) is 20.8. The molecule has 1 aromatic heterocycles. The van der Waals surface area contributed by atoms with E-state index in [4.69, 9.17) is 10.5 Å². The lowest BCUT2D eigenvalue weighted by Crippen LogP contribution is -2.23. The van der Waals surface area contributed by atoms with Crippen LogP contribution in [0.4, 0.5) is 5.69 Å². The smallest absolute Gasteiger partial charge is 0.237 e. The van der Waals surface area contributed by atoms with Crippen LogP contribution >= 0.6 is 11.8 Å². The van der Waals surface area contributed by atoms with Gasteiger partial charge in [-0.2, -0.15) is 0 Å². The average Bonchev–Trinajstić information content (AvgIpc) is 3.01. The fraction of sp³-hybridized carbons (Fsp3) is 0.444. The number of aryl methyl sites for hydroxylation is 2. The van der Waals surface area contributed by atoms with Crippen molar-refractivity contribution in [2.75, 3.05) is 12.4 Å². The molecule has 0 bridgehead atoms. The number of benzene rings is 1. The molecule has 3 N–H and O–H groups in total. The molecule has 0 aliphatic rings. The molecule has 0 saturated heterocycles. The van der Waals surface area contributed by atoms with Crippen molar-refractivity contribution in [1.29, 1.82) is 0 Å². The summed E-state index contributed by atoms with van der Waals surface area (Å²) in [5.41, 5.74) is 6.86. The van der Waals surface area contributed by atoms with Crippen molar-refractivity contribution in [2.45, 2.75) is 50.6 Å². The van der Waals surface area contributed by atoms with Crippen molar-refractivity contribution in [3.05, 3.63) is 29.6 Å². The maximum atomic E-state index is 12.6. The highest BCUT2D eigenvalue weighted by Crippen LogP contribution is 2.28. The second kappa shape index (κ2) is 9.40. The van der Waals surface area contributed by atoms with E-state index in [1.807, 2.05) is 36.6 Å². The van der Waals surface area contributed by atoms with E-state index in [1.165, 1.54) is 11.8 Å². The average molecular weight is 391 g/mol. The third-order valence-electron chi connectivity index (χ3n) is 3.97. The second-order valence-electron chi connectivity index (χ2n) is 6.06. The molecule has 146 valence electrons. The van der Waals surface area contributed by atoms with Crippen molar-refractivity contribution in [2.24, 2.45) is 5.73 Å². The Morgan fingerprint density at radius 1 is 1.37 bits per heavy atom. The summed E-state index contributed by atoms with van der Waals surface area (Å²) in [6, 6.07) is 5.61. The van der Waals surface area contributed by atoms with Crippen LogP contribution in [0.5, 0.6) is 5.75 Å². The predicted octanol–water partition coefficient (Wildman–Crippen LogP) is 2.15. The summed E-state index contributed by atoms with van der Waals surface area (Å²) in [5.74, 6) is 0.756. The van der Waals surface area contributed by atoms with Crippen LogP contribution in [-0.4, -0.2) is 38.9 Å². The van der Waals surface area contributed by atoms with Gasteiger partial charge in [-0.3, -0.25) is 9.59 Å². The van der Waals surface area contributed by atoms with Crippen molar-refractivity contribution >= 4 is 29.3 Å². The van der Waals surface area contributed by atoms with E-state index in [9.17, 15) is 9.59 Å². The van der Waals surface area contributed by atoms with Crippen LogP contribution < -0.4 is 15.8 Å². The predicted molar refractivity (Wildman–Crippen MR) is 105 cm³/mol. The zero-order valence-corrected chi connectivity index (χ0v) is 16.8. The third kappa shape index (κ3) is 5.46. The summed E-state index contributed by atoms with van der Waals surface area (Å²) in [5, 5.41) is 11.4. The van der Waals surface area contributed by atoms with Gasteiger partial charge in [-0.05, 0) is 38.5 Å². The Morgan fingerprint density at radius 3 is 2.74 bits per heavy atom. The van der Waals surface area contributed by atoms with Gasteiger partial charge >= 0.3 is 0 Å². The lowest BCUT2D eigenvalue weighted by Gasteiger charge is -2.15. The van der Waals surface area contributed by atoms with Gasteiger partial charge in [-0.25, -0.2) is 0 Å². The summed E-state index contributed by atoms with van der Waals surface area (Å²) in [6.45, 7) is 6.36. The van der Waals surface area contributed by atoms with Crippen molar-refractivity contribution in [3.63, 3.8) is 0 Å². The van der Waals surface area contributed by atoms with E-state index in [0.717, 1.165) is 5.56 Å². The fourth-order valence-corrected chi connectivity index (χ4v) is 3.44. The first-order valence-electron chi connectivity index (χ1n) is 8.68. The Balaban J connectivity index is 2.08. The number of ether oxygens (including phenoxy) is 1. The summed E-state index contributed by atoms with van der Waals surface area (Å²) in [6.07, 6.45) is 0.643. The molecule has 0 radical (unpaired) electrons. The number of nitrogens with one attached hydrogen (secondary N) is 1. The van der Waals surface area contributed by atoms with Gasteiger partial charge in [0.2, 0.25) is 11.8 Å². The van der Waals surface area contributed by atoms with Crippen LogP contribution in [0.2, 0.25) is 0 Å². The zero-order valence-electron chi connectivity index (χ0n) is 16.0. The Bertz CT molecular complexity index is 821. The Morgan fingerprint density at radius 2 is 2.11 bits per heavy atom. The monoisotopic (exact) mass is 391 g/mol. The highest BCUT2D eigenvalue weighted by molar-refractivity contribution is 8.00. The number of primary amides is 1. The molecule has 1 heterocycles. The van der Waals surface area contributed by atoms with E-state index in [1.54, 1.807) is 14.0 Å². The van der Waals surface area contributed by atoms with Gasteiger partial charge in [0.05, 0.1) is 18.0 Å². The lowest BCUT2D eigenvalue weighted by molar-refractivity contribution is -0.118. The molecule has 0 aliphatic heterocycles. The molecule has 8 nitrogen and oxygen atoms in total. The van der Waals surface area contributed by atoms with E-state index in [-0.39, 0.29) is 18.2 Å². The molecule has 1 atom stereocenters. The summed E-state index contributed by atoms with van der Waals surface area (Å²) >= 11 is 1.32. The fourth-order valence-electron chi connectivity index (χ4n) is 2.51. The van der Waals surface area contributed by atoms with Gasteiger partial charge in [0.1, 0.15) is 11.6 Å². The molecule has 0 unspecified atom stereocenters. The number of carbonyl (C=O) groups is 2. The number of aromatic nitrogens is 3. The van der Waals surface area contributed by atoms with E-state index >= 15 is 0 Å². The molecular weight excluding hydrogens is 366 g/mol. The van der Waals surface area contributed by atoms with Gasteiger partial charge in [0.25, 0.3) is 0 Å². The molecule has 0 saturated carbocycles. The summed E-state index contributed by atoms with van der Waals surface area (Å²) < 4.78 is 7.19. The number of anilines is 1. The summed E-state index contributed by atoms with van der Waals surface area (Å²) in [7, 11) is 1.57. The van der Waals surface area contributed by atoms with Crippen LogP contribution in [0.1, 0.15) is 31.7 Å². The molecule has 9 heteroatoms. The van der Waals surface area contributed by atoms with E-state index in [0.29, 0.717) is 35.4 Å². The normalized spacial score (nSPS) is 11.9. The number of nitrogens with zero attached hydrogens (tertiary/aromatic N) is 3. The molecular formula is C18H25N5O3S. The molecule has 0 spiro atoms. The maximum Gasteiger partial charge on any atom is 0.237 e. The Labute approximate surface area is 162 Å². The van der Waals surface area contributed by atoms with Crippen molar-refractivity contribution < 1.29 is 14.3 Å². The Kier molecular flexibility index (Phi) is 7.23. The number of nitrogens with two attached hydrogens (primary N) is 1. The largest absolute Gasteiger partial charge is 0.495 e. The highest BCUT2D eigenvalue weighted by atomic mass is 32.2. The van der Waals surface area contributed by atoms with Gasteiger partial charge in [0, 0.05) is 19.4 Å². The zero-order chi connectivity index (χ0) is 20.0. The lowest BCUT2D eigenvalue weighted by atomic mass is 10.2. The van der Waals surface area contributed by atoms with Crippen LogP contribution in [0.15, 0.2) is 23.4 Å². The number of methoxy groups -OCH3 is 1. The van der Waals surface area contributed by atoms with E-state index in [2.05, 4.69) is 15.5 Å². The van der Waals surface area contributed by atoms with Crippen LogP contribution in [-0.2, 0) is 22.6 Å². The van der Waals surface area contributed by atoms with Gasteiger partial charge in [0.15, 0.2) is 5.16 Å². The molecule has 1 aromatic carbocycles. The van der Waals surface area contributed by atoms with Crippen LogP contribution in [0.3, 0.4) is 0 Å². The number of rotatable bonds is 9. The molecule has 0 aliphatic carbocycles. The summed E-state index contributed by atoms with van der Waals surface area (Å²) in [4.78, 5) is 23.6. The molecule has 27 heavy (non-hydrogen) atoms. The minimum Gasteiger partial charge on any atom is -0.495 e. The first-order valence-corrected chi connectivity index (χ1v) is 9.56. The van der Waals surface area contributed by atoms with Gasteiger partial charge < -0.3 is 20.4 Å². The van der Waals surface area contributed by atoms with Crippen LogP contribution in [0.25, 0.3) is 0 Å². The highest BCUT2D eigenvalue weighted by Gasteiger charge is 2.21. The first-order chi connectivity index (χ1) is 12.8. The molecule has 2 rings (SSSR count). The number of carbonyl (C=O) groups excluding carboxylic acids is 2. The standard InChI is InChI=1S/C18H25N5O3S/c1-5-23-16(9-8-15(19)24)21-22-18(23)27-12(3)17(25)20-13-10-11(2)6-7-14(13)26-4/h6-7,10,12H,5,8-9H2,1-4H3,(H2,19,24)(H,20,25)/t12-/m0/s1. The number of hydrogen-bond donors (Lipinski definition) is 2. The van der Waals surface area contributed by atoms with Crippen molar-refractivity contribution in [1.82, 2.24) is 14.8 Å².